The Kier molecular flexibility index (Phi) is 4.58. The molecular formula is C16H21N3O3. The molecule has 1 saturated heterocycles. The maximum absolute atomic E-state index is 5.77. The third-order valence-corrected chi connectivity index (χ3v) is 3.42. The normalized spacial score (nSPS) is 18.7. The van der Waals surface area contributed by atoms with Gasteiger partial charge in [-0.3, -0.25) is 4.98 Å². The molecule has 0 N–H and O–H groups in total. The van der Waals surface area contributed by atoms with Gasteiger partial charge in [0.25, 0.3) is 0 Å². The average Bonchev–Trinajstić information content (AvgIpc) is 3.08. The first-order valence-corrected chi connectivity index (χ1v) is 7.57. The summed E-state index contributed by atoms with van der Waals surface area (Å²) in [5.41, 5.74) is 0. The Bertz CT molecular complexity index is 586. The number of furan rings is 1. The molecule has 0 aliphatic carbocycles. The zero-order valence-electron chi connectivity index (χ0n) is 12.9. The minimum absolute atomic E-state index is 0.0780. The molecule has 2 aromatic rings. The number of rotatable bonds is 5. The van der Waals surface area contributed by atoms with E-state index in [1.165, 1.54) is 0 Å². The van der Waals surface area contributed by atoms with Crippen molar-refractivity contribution in [3.05, 3.63) is 36.5 Å². The molecule has 3 rings (SSSR count). The molecule has 2 aromatic heterocycles. The topological polar surface area (TPSA) is 60.6 Å². The van der Waals surface area contributed by atoms with Gasteiger partial charge >= 0.3 is 0 Å². The van der Waals surface area contributed by atoms with Crippen LogP contribution in [0.2, 0.25) is 0 Å². The predicted octanol–water partition coefficient (Wildman–Crippen LogP) is 2.68. The van der Waals surface area contributed by atoms with Crippen molar-refractivity contribution < 1.29 is 13.9 Å². The summed E-state index contributed by atoms with van der Waals surface area (Å²) in [7, 11) is 0. The number of ether oxygens (including phenoxy) is 2. The van der Waals surface area contributed by atoms with Crippen LogP contribution in [0.15, 0.2) is 35.2 Å². The third kappa shape index (κ3) is 3.57. The smallest absolute Gasteiger partial charge is 0.234 e. The van der Waals surface area contributed by atoms with Gasteiger partial charge in [-0.05, 0) is 18.1 Å². The van der Waals surface area contributed by atoms with Crippen LogP contribution in [-0.4, -0.2) is 36.3 Å². The number of nitrogens with zero attached hydrogens (tertiary/aromatic N) is 3. The van der Waals surface area contributed by atoms with Gasteiger partial charge in [0.05, 0.1) is 38.4 Å². The van der Waals surface area contributed by atoms with Crippen molar-refractivity contribution in [2.75, 3.05) is 31.2 Å². The van der Waals surface area contributed by atoms with Gasteiger partial charge in [0.2, 0.25) is 5.88 Å². The molecule has 3 heterocycles. The van der Waals surface area contributed by atoms with Crippen molar-refractivity contribution in [2.24, 2.45) is 5.92 Å². The van der Waals surface area contributed by atoms with Crippen molar-refractivity contribution in [3.63, 3.8) is 0 Å². The fourth-order valence-corrected chi connectivity index (χ4v) is 2.32. The summed E-state index contributed by atoms with van der Waals surface area (Å²) in [4.78, 5) is 10.9. The maximum atomic E-state index is 5.77. The van der Waals surface area contributed by atoms with Crippen LogP contribution in [-0.2, 0) is 4.74 Å². The summed E-state index contributed by atoms with van der Waals surface area (Å²) < 4.78 is 16.8. The quantitative estimate of drug-likeness (QED) is 0.846. The van der Waals surface area contributed by atoms with Gasteiger partial charge in [-0.25, -0.2) is 0 Å². The van der Waals surface area contributed by atoms with E-state index in [0.29, 0.717) is 31.6 Å². The summed E-state index contributed by atoms with van der Waals surface area (Å²) >= 11 is 0. The lowest BCUT2D eigenvalue weighted by Crippen LogP contribution is -2.38. The molecule has 0 radical (unpaired) electrons. The van der Waals surface area contributed by atoms with Crippen molar-refractivity contribution in [1.29, 1.82) is 0 Å². The van der Waals surface area contributed by atoms with E-state index in [4.69, 9.17) is 13.9 Å². The van der Waals surface area contributed by atoms with E-state index in [0.717, 1.165) is 18.1 Å². The fraction of sp³-hybridized carbons (Fsp3) is 0.500. The van der Waals surface area contributed by atoms with E-state index < -0.39 is 0 Å². The molecule has 0 amide bonds. The third-order valence-electron chi connectivity index (χ3n) is 3.42. The highest BCUT2D eigenvalue weighted by atomic mass is 16.5. The van der Waals surface area contributed by atoms with Gasteiger partial charge in [-0.1, -0.05) is 13.8 Å². The largest absolute Gasteiger partial charge is 0.476 e. The number of morpholine rings is 1. The van der Waals surface area contributed by atoms with Crippen molar-refractivity contribution in [2.45, 2.75) is 20.0 Å². The summed E-state index contributed by atoms with van der Waals surface area (Å²) in [6, 6.07) is 3.81. The van der Waals surface area contributed by atoms with Crippen LogP contribution in [0.25, 0.3) is 0 Å². The molecule has 6 heteroatoms. The Morgan fingerprint density at radius 2 is 2.32 bits per heavy atom. The van der Waals surface area contributed by atoms with Crippen LogP contribution in [0.5, 0.6) is 5.88 Å². The average molecular weight is 303 g/mol. The Morgan fingerprint density at radius 3 is 3.09 bits per heavy atom. The van der Waals surface area contributed by atoms with Gasteiger partial charge in [0.1, 0.15) is 11.9 Å². The second-order valence-electron chi connectivity index (χ2n) is 5.74. The summed E-state index contributed by atoms with van der Waals surface area (Å²) in [6.07, 6.45) is 4.99. The Balaban J connectivity index is 1.69. The first kappa shape index (κ1) is 14.8. The Hall–Kier alpha value is -2.08. The van der Waals surface area contributed by atoms with Gasteiger partial charge in [-0.2, -0.15) is 4.98 Å². The molecule has 1 fully saturated rings. The molecule has 1 unspecified atom stereocenters. The highest BCUT2D eigenvalue weighted by molar-refractivity contribution is 5.38. The first-order chi connectivity index (χ1) is 10.7. The first-order valence-electron chi connectivity index (χ1n) is 7.57. The van der Waals surface area contributed by atoms with Crippen LogP contribution in [0, 0.1) is 5.92 Å². The zero-order valence-corrected chi connectivity index (χ0v) is 12.9. The van der Waals surface area contributed by atoms with E-state index in [9.17, 15) is 0 Å². The molecule has 0 aromatic carbocycles. The van der Waals surface area contributed by atoms with Crippen LogP contribution < -0.4 is 9.64 Å². The molecule has 0 bridgehead atoms. The minimum atomic E-state index is -0.0780. The second-order valence-corrected chi connectivity index (χ2v) is 5.74. The van der Waals surface area contributed by atoms with Crippen LogP contribution in [0.1, 0.15) is 25.7 Å². The van der Waals surface area contributed by atoms with E-state index in [-0.39, 0.29) is 6.10 Å². The molecule has 1 aliphatic heterocycles. The Morgan fingerprint density at radius 1 is 1.41 bits per heavy atom. The van der Waals surface area contributed by atoms with Crippen molar-refractivity contribution in [1.82, 2.24) is 9.97 Å². The SMILES string of the molecule is CC(C)COc1cncc(N2CCOC(c3ccco3)C2)n1. The van der Waals surface area contributed by atoms with Gasteiger partial charge in [0.15, 0.2) is 5.82 Å². The van der Waals surface area contributed by atoms with E-state index >= 15 is 0 Å². The lowest BCUT2D eigenvalue weighted by molar-refractivity contribution is 0.0254. The molecule has 1 aliphatic rings. The molecule has 0 saturated carbocycles. The summed E-state index contributed by atoms with van der Waals surface area (Å²) in [6.45, 7) is 6.94. The molecular weight excluding hydrogens is 282 g/mol. The molecule has 6 nitrogen and oxygen atoms in total. The maximum Gasteiger partial charge on any atom is 0.234 e. The molecule has 22 heavy (non-hydrogen) atoms. The monoisotopic (exact) mass is 303 g/mol. The highest BCUT2D eigenvalue weighted by Crippen LogP contribution is 2.25. The van der Waals surface area contributed by atoms with E-state index in [1.807, 2.05) is 12.1 Å². The van der Waals surface area contributed by atoms with Gasteiger partial charge < -0.3 is 18.8 Å². The molecule has 1 atom stereocenters. The van der Waals surface area contributed by atoms with Crippen molar-refractivity contribution in [3.8, 4) is 5.88 Å². The van der Waals surface area contributed by atoms with Crippen LogP contribution in [0.3, 0.4) is 0 Å². The minimum Gasteiger partial charge on any atom is -0.476 e. The number of hydrogen-bond acceptors (Lipinski definition) is 6. The fourth-order valence-electron chi connectivity index (χ4n) is 2.32. The second kappa shape index (κ2) is 6.79. The highest BCUT2D eigenvalue weighted by Gasteiger charge is 2.25. The number of hydrogen-bond donors (Lipinski definition) is 0. The van der Waals surface area contributed by atoms with E-state index in [2.05, 4.69) is 28.7 Å². The molecule has 118 valence electrons. The number of aromatic nitrogens is 2. The Labute approximate surface area is 130 Å². The zero-order chi connectivity index (χ0) is 15.4. The summed E-state index contributed by atoms with van der Waals surface area (Å²) in [5.74, 6) is 2.66. The lowest BCUT2D eigenvalue weighted by Gasteiger charge is -2.32. The van der Waals surface area contributed by atoms with Gasteiger partial charge in [0, 0.05) is 6.54 Å². The molecule has 0 spiro atoms. The van der Waals surface area contributed by atoms with Crippen molar-refractivity contribution >= 4 is 5.82 Å². The standard InChI is InChI=1S/C16H21N3O3/c1-12(2)11-22-16-9-17-8-15(18-16)19-5-7-21-14(10-19)13-4-3-6-20-13/h3-4,6,8-9,12,14H,5,7,10-11H2,1-2H3. The number of anilines is 1. The summed E-state index contributed by atoms with van der Waals surface area (Å²) in [5, 5.41) is 0. The van der Waals surface area contributed by atoms with Gasteiger partial charge in [-0.15, -0.1) is 0 Å². The van der Waals surface area contributed by atoms with Crippen LogP contribution in [0.4, 0.5) is 5.82 Å². The van der Waals surface area contributed by atoms with E-state index in [1.54, 1.807) is 18.7 Å². The van der Waals surface area contributed by atoms with Crippen LogP contribution >= 0.6 is 0 Å². The predicted molar refractivity (Wildman–Crippen MR) is 82.0 cm³/mol. The lowest BCUT2D eigenvalue weighted by atomic mass is 10.2.